The van der Waals surface area contributed by atoms with Gasteiger partial charge in [0.05, 0.1) is 6.61 Å². The van der Waals surface area contributed by atoms with E-state index in [1.807, 2.05) is 12.1 Å². The normalized spacial score (nSPS) is 10.4. The Hall–Kier alpha value is -0.875. The molecule has 5 heteroatoms. The third-order valence-electron chi connectivity index (χ3n) is 2.23. The van der Waals surface area contributed by atoms with Crippen molar-refractivity contribution in [3.63, 3.8) is 0 Å². The van der Waals surface area contributed by atoms with E-state index in [0.29, 0.717) is 25.3 Å². The monoisotopic (exact) mass is 224 g/mol. The highest BCUT2D eigenvalue weighted by Crippen LogP contribution is 2.00. The van der Waals surface area contributed by atoms with Gasteiger partial charge in [-0.2, -0.15) is 0 Å². The standard InChI is InChI=1S/C11H17BO4/c1-15-7-4-8-16-9-10-5-2-3-6-11(10)12(13)14/h2-3,5-6,13-14H,4,7-9H2,1H3. The molecule has 1 aromatic rings. The van der Waals surface area contributed by atoms with Crippen molar-refractivity contribution in [2.24, 2.45) is 0 Å². The molecule has 0 aromatic heterocycles. The summed E-state index contributed by atoms with van der Waals surface area (Å²) in [6, 6.07) is 7.12. The van der Waals surface area contributed by atoms with Crippen LogP contribution >= 0.6 is 0 Å². The zero-order valence-corrected chi connectivity index (χ0v) is 9.43. The van der Waals surface area contributed by atoms with Gasteiger partial charge in [-0.05, 0) is 17.4 Å². The first-order chi connectivity index (χ1) is 7.75. The van der Waals surface area contributed by atoms with Gasteiger partial charge in [-0.15, -0.1) is 0 Å². The molecule has 0 radical (unpaired) electrons. The molecule has 0 atom stereocenters. The van der Waals surface area contributed by atoms with E-state index in [1.165, 1.54) is 0 Å². The zero-order chi connectivity index (χ0) is 11.8. The predicted octanol–water partition coefficient (Wildman–Crippen LogP) is -0.0805. The van der Waals surface area contributed by atoms with Crippen LogP contribution in [0.25, 0.3) is 0 Å². The Bertz CT molecular complexity index is 304. The van der Waals surface area contributed by atoms with E-state index >= 15 is 0 Å². The van der Waals surface area contributed by atoms with Crippen molar-refractivity contribution in [3.8, 4) is 0 Å². The van der Waals surface area contributed by atoms with Crippen LogP contribution in [0.1, 0.15) is 12.0 Å². The van der Waals surface area contributed by atoms with E-state index in [1.54, 1.807) is 19.2 Å². The number of methoxy groups -OCH3 is 1. The third kappa shape index (κ3) is 4.32. The molecular formula is C11H17BO4. The lowest BCUT2D eigenvalue weighted by molar-refractivity contribution is 0.0931. The molecule has 0 aliphatic heterocycles. The van der Waals surface area contributed by atoms with Crippen LogP contribution in [0.3, 0.4) is 0 Å². The minimum absolute atomic E-state index is 0.386. The van der Waals surface area contributed by atoms with Gasteiger partial charge in [-0.1, -0.05) is 24.3 Å². The van der Waals surface area contributed by atoms with Crippen LogP contribution < -0.4 is 5.46 Å². The fraction of sp³-hybridized carbons (Fsp3) is 0.455. The highest BCUT2D eigenvalue weighted by Gasteiger charge is 2.14. The molecule has 0 fully saturated rings. The van der Waals surface area contributed by atoms with Crippen molar-refractivity contribution in [2.45, 2.75) is 13.0 Å². The molecule has 0 aliphatic carbocycles. The summed E-state index contributed by atoms with van der Waals surface area (Å²) in [5, 5.41) is 18.3. The molecule has 16 heavy (non-hydrogen) atoms. The molecule has 0 aliphatic rings. The molecule has 1 rings (SSSR count). The second-order valence-corrected chi connectivity index (χ2v) is 3.47. The Balaban J connectivity index is 2.41. The van der Waals surface area contributed by atoms with Crippen molar-refractivity contribution in [1.82, 2.24) is 0 Å². The minimum atomic E-state index is -1.45. The Morgan fingerprint density at radius 1 is 1.19 bits per heavy atom. The topological polar surface area (TPSA) is 58.9 Å². The van der Waals surface area contributed by atoms with Gasteiger partial charge < -0.3 is 19.5 Å². The summed E-state index contributed by atoms with van der Waals surface area (Å²) in [5.41, 5.74) is 1.30. The van der Waals surface area contributed by atoms with Gasteiger partial charge in [0.15, 0.2) is 0 Å². The van der Waals surface area contributed by atoms with Gasteiger partial charge in [0, 0.05) is 20.3 Å². The summed E-state index contributed by atoms with van der Waals surface area (Å²) < 4.78 is 10.3. The van der Waals surface area contributed by atoms with Gasteiger partial charge >= 0.3 is 7.12 Å². The molecule has 2 N–H and O–H groups in total. The molecule has 0 unspecified atom stereocenters. The summed E-state index contributed by atoms with van der Waals surface area (Å²) >= 11 is 0. The molecule has 0 saturated carbocycles. The lowest BCUT2D eigenvalue weighted by Crippen LogP contribution is -2.33. The maximum absolute atomic E-state index is 9.13. The Labute approximate surface area is 96.0 Å². The molecule has 88 valence electrons. The van der Waals surface area contributed by atoms with Gasteiger partial charge in [-0.3, -0.25) is 0 Å². The van der Waals surface area contributed by atoms with E-state index in [2.05, 4.69) is 0 Å². The number of benzene rings is 1. The molecule has 0 bridgehead atoms. The highest BCUT2D eigenvalue weighted by molar-refractivity contribution is 6.59. The summed E-state index contributed by atoms with van der Waals surface area (Å²) in [5.74, 6) is 0. The van der Waals surface area contributed by atoms with Crippen molar-refractivity contribution >= 4 is 12.6 Å². The summed E-state index contributed by atoms with van der Waals surface area (Å²) in [6.07, 6.45) is 0.834. The maximum Gasteiger partial charge on any atom is 0.488 e. The lowest BCUT2D eigenvalue weighted by atomic mass is 9.77. The fourth-order valence-electron chi connectivity index (χ4n) is 1.40. The molecular weight excluding hydrogens is 207 g/mol. The maximum atomic E-state index is 9.13. The average molecular weight is 224 g/mol. The van der Waals surface area contributed by atoms with Crippen molar-refractivity contribution in [3.05, 3.63) is 29.8 Å². The first-order valence-corrected chi connectivity index (χ1v) is 5.26. The summed E-state index contributed by atoms with van der Waals surface area (Å²) in [6.45, 7) is 1.66. The largest absolute Gasteiger partial charge is 0.488 e. The molecule has 0 heterocycles. The van der Waals surface area contributed by atoms with Crippen molar-refractivity contribution < 1.29 is 19.5 Å². The first-order valence-electron chi connectivity index (χ1n) is 5.26. The Morgan fingerprint density at radius 2 is 1.94 bits per heavy atom. The SMILES string of the molecule is COCCCOCc1ccccc1B(O)O. The van der Waals surface area contributed by atoms with Crippen LogP contribution in [-0.4, -0.2) is 37.5 Å². The van der Waals surface area contributed by atoms with Crippen LogP contribution in [-0.2, 0) is 16.1 Å². The van der Waals surface area contributed by atoms with Crippen LogP contribution in [0.15, 0.2) is 24.3 Å². The van der Waals surface area contributed by atoms with E-state index < -0.39 is 7.12 Å². The Morgan fingerprint density at radius 3 is 2.62 bits per heavy atom. The minimum Gasteiger partial charge on any atom is -0.423 e. The van der Waals surface area contributed by atoms with Gasteiger partial charge in [-0.25, -0.2) is 0 Å². The van der Waals surface area contributed by atoms with Crippen LogP contribution in [0.5, 0.6) is 0 Å². The molecule has 1 aromatic carbocycles. The average Bonchev–Trinajstić information content (AvgIpc) is 2.29. The van der Waals surface area contributed by atoms with Crippen LogP contribution in [0.2, 0.25) is 0 Å². The van der Waals surface area contributed by atoms with E-state index in [-0.39, 0.29) is 0 Å². The smallest absolute Gasteiger partial charge is 0.423 e. The number of rotatable bonds is 7. The quantitative estimate of drug-likeness (QED) is 0.502. The van der Waals surface area contributed by atoms with Gasteiger partial charge in [0.2, 0.25) is 0 Å². The summed E-state index contributed by atoms with van der Waals surface area (Å²) in [4.78, 5) is 0. The zero-order valence-electron chi connectivity index (χ0n) is 9.43. The first kappa shape index (κ1) is 13.2. The van der Waals surface area contributed by atoms with Crippen molar-refractivity contribution in [2.75, 3.05) is 20.3 Å². The van der Waals surface area contributed by atoms with E-state index in [0.717, 1.165) is 12.0 Å². The Kier molecular flexibility index (Phi) is 6.11. The van der Waals surface area contributed by atoms with E-state index in [9.17, 15) is 0 Å². The second-order valence-electron chi connectivity index (χ2n) is 3.47. The highest BCUT2D eigenvalue weighted by atomic mass is 16.5. The molecule has 0 amide bonds. The summed E-state index contributed by atoms with van der Waals surface area (Å²) in [7, 11) is 0.205. The van der Waals surface area contributed by atoms with Gasteiger partial charge in [0.1, 0.15) is 0 Å². The molecule has 0 saturated heterocycles. The number of hydrogen-bond acceptors (Lipinski definition) is 4. The van der Waals surface area contributed by atoms with Crippen LogP contribution in [0, 0.1) is 0 Å². The lowest BCUT2D eigenvalue weighted by Gasteiger charge is -2.09. The van der Waals surface area contributed by atoms with Crippen LogP contribution in [0.4, 0.5) is 0 Å². The fourth-order valence-corrected chi connectivity index (χ4v) is 1.40. The predicted molar refractivity (Wildman–Crippen MR) is 62.4 cm³/mol. The third-order valence-corrected chi connectivity index (χ3v) is 2.23. The number of ether oxygens (including phenoxy) is 2. The number of hydrogen-bond donors (Lipinski definition) is 2. The van der Waals surface area contributed by atoms with E-state index in [4.69, 9.17) is 19.5 Å². The molecule has 4 nitrogen and oxygen atoms in total. The second kappa shape index (κ2) is 7.41. The van der Waals surface area contributed by atoms with Gasteiger partial charge in [0.25, 0.3) is 0 Å². The van der Waals surface area contributed by atoms with Crippen molar-refractivity contribution in [1.29, 1.82) is 0 Å². The molecule has 0 spiro atoms.